The molecule has 0 unspecified atom stereocenters. The molecule has 0 aliphatic rings. The van der Waals surface area contributed by atoms with Crippen LogP contribution in [0.2, 0.25) is 0 Å². The molecule has 0 amide bonds. The van der Waals surface area contributed by atoms with Crippen LogP contribution in [-0.4, -0.2) is 48.7 Å². The summed E-state index contributed by atoms with van der Waals surface area (Å²) in [4.78, 5) is 0. The summed E-state index contributed by atoms with van der Waals surface area (Å²) in [7, 11) is 1.92. The van der Waals surface area contributed by atoms with E-state index < -0.39 is 0 Å². The van der Waals surface area contributed by atoms with Crippen molar-refractivity contribution in [3.63, 3.8) is 0 Å². The predicted molar refractivity (Wildman–Crippen MR) is 62.2 cm³/mol. The summed E-state index contributed by atoms with van der Waals surface area (Å²) in [6.07, 6.45) is 0.983. The largest absolute Gasteiger partial charge is 0.397 e. The molecule has 0 aromatic rings. The van der Waals surface area contributed by atoms with Crippen LogP contribution in [0.1, 0.15) is 27.2 Å². The van der Waals surface area contributed by atoms with E-state index in [1.165, 1.54) is 0 Å². The Labute approximate surface area is 110 Å². The van der Waals surface area contributed by atoms with Crippen LogP contribution in [0.3, 0.4) is 0 Å². The fraction of sp³-hybridized carbons (Fsp3) is 0.900. The Kier molecular flexibility index (Phi) is 123. The summed E-state index contributed by atoms with van der Waals surface area (Å²) in [6.45, 7) is 10.4. The molecule has 0 aliphatic heterocycles. The zero-order valence-electron chi connectivity index (χ0n) is 10.6. The van der Waals surface area contributed by atoms with E-state index in [0.29, 0.717) is 0 Å². The topological polar surface area (TPSA) is 72.7 Å². The van der Waals surface area contributed by atoms with Gasteiger partial charge in [0.2, 0.25) is 0 Å². The minimum atomic E-state index is 0. The molecule has 0 radical (unpaired) electrons. The molecule has 0 aromatic heterocycles. The molecule has 0 saturated carbocycles. The predicted octanol–water partition coefficient (Wildman–Crippen LogP) is 0.423. The molecule has 4 N–H and O–H groups in total. The van der Waals surface area contributed by atoms with Crippen molar-refractivity contribution in [3.05, 3.63) is 6.92 Å². The fourth-order valence-electron chi connectivity index (χ4n) is 0.177. The Bertz CT molecular complexity index is 44.9. The Balaban J connectivity index is -0.0000000300. The molecule has 15 heavy (non-hydrogen) atoms. The molecule has 4 nitrogen and oxygen atoms in total. The van der Waals surface area contributed by atoms with Crippen LogP contribution in [-0.2, 0) is 21.7 Å². The number of hydrogen-bond acceptors (Lipinski definition) is 4. The van der Waals surface area contributed by atoms with E-state index in [4.69, 9.17) is 15.3 Å². The molecule has 0 spiro atoms. The van der Waals surface area contributed by atoms with Crippen molar-refractivity contribution in [2.45, 2.75) is 27.2 Å². The Morgan fingerprint density at radius 1 is 0.933 bits per heavy atom. The maximum Gasteiger partial charge on any atom is 0.0402 e. The zero-order chi connectivity index (χ0) is 12.2. The normalized spacial score (nSPS) is 6.40. The second-order valence-corrected chi connectivity index (χ2v) is 1.91. The van der Waals surface area contributed by atoms with Gasteiger partial charge in [0, 0.05) is 41.5 Å². The van der Waals surface area contributed by atoms with E-state index >= 15 is 0 Å². The summed E-state index contributed by atoms with van der Waals surface area (Å²) in [6, 6.07) is 0. The molecule has 0 saturated heterocycles. The van der Waals surface area contributed by atoms with E-state index in [1.54, 1.807) is 20.8 Å². The number of nitrogens with one attached hydrogen (secondary N) is 1. The molecule has 0 fully saturated rings. The summed E-state index contributed by atoms with van der Waals surface area (Å²) in [5.41, 5.74) is 0. The summed E-state index contributed by atoms with van der Waals surface area (Å²) in [5.74, 6) is 0. The van der Waals surface area contributed by atoms with Crippen LogP contribution in [0.25, 0.3) is 0 Å². The first kappa shape index (κ1) is 29.6. The van der Waals surface area contributed by atoms with Gasteiger partial charge >= 0.3 is 0 Å². The summed E-state index contributed by atoms with van der Waals surface area (Å²) < 4.78 is 0. The third-order valence-electron chi connectivity index (χ3n) is 0.427. The fourth-order valence-corrected chi connectivity index (χ4v) is 0.177. The smallest absolute Gasteiger partial charge is 0.0402 e. The van der Waals surface area contributed by atoms with Gasteiger partial charge in [0.15, 0.2) is 0 Å². The first-order valence-electron chi connectivity index (χ1n) is 4.92. The van der Waals surface area contributed by atoms with Crippen molar-refractivity contribution in [1.29, 1.82) is 0 Å². The molecule has 5 heteroatoms. The van der Waals surface area contributed by atoms with Crippen LogP contribution in [0, 0.1) is 6.92 Å². The van der Waals surface area contributed by atoms with Gasteiger partial charge in [0.25, 0.3) is 0 Å². The van der Waals surface area contributed by atoms with E-state index in [0.717, 1.165) is 13.0 Å². The van der Waals surface area contributed by atoms with Gasteiger partial charge in [-0.25, -0.2) is 0 Å². The molecule has 0 heterocycles. The van der Waals surface area contributed by atoms with E-state index in [9.17, 15) is 0 Å². The maximum absolute atomic E-state index is 7.57. The van der Waals surface area contributed by atoms with Crippen LogP contribution in [0.5, 0.6) is 0 Å². The molecule has 0 aliphatic carbocycles. The zero-order valence-corrected chi connectivity index (χ0v) is 12.1. The van der Waals surface area contributed by atoms with E-state index in [2.05, 4.69) is 12.2 Å². The van der Waals surface area contributed by atoms with Gasteiger partial charge in [0.05, 0.1) is 0 Å². The van der Waals surface area contributed by atoms with E-state index in [1.807, 2.05) is 7.05 Å². The first-order valence-corrected chi connectivity index (χ1v) is 4.92. The van der Waals surface area contributed by atoms with Crippen molar-refractivity contribution in [2.75, 3.05) is 33.4 Å². The van der Waals surface area contributed by atoms with E-state index in [-0.39, 0.29) is 41.5 Å². The minimum Gasteiger partial charge on any atom is -0.397 e. The number of aliphatic hydroxyl groups is 3. The molecular weight excluding hydrogens is 230 g/mol. The SMILES string of the molecule is CCO.CCO.CCO.[CH2-]CCNC.[Ti]. The number of rotatable bonds is 2. The number of aliphatic hydroxyl groups excluding tert-OH is 3. The van der Waals surface area contributed by atoms with Crippen molar-refractivity contribution < 1.29 is 37.0 Å². The third kappa shape index (κ3) is 352. The average molecular weight is 258 g/mol. The van der Waals surface area contributed by atoms with Crippen LogP contribution in [0.4, 0.5) is 0 Å². The Hall–Kier alpha value is 0.554. The van der Waals surface area contributed by atoms with Crippen molar-refractivity contribution in [2.24, 2.45) is 0 Å². The third-order valence-corrected chi connectivity index (χ3v) is 0.427. The summed E-state index contributed by atoms with van der Waals surface area (Å²) >= 11 is 0. The average Bonchev–Trinajstić information content (AvgIpc) is 2.09. The maximum atomic E-state index is 7.57. The standard InChI is InChI=1S/C4H10N.3C2H6O.Ti/c1-3-4-5-2;3*1-2-3;/h5H,1,3-4H2,2H3;3*3H,2H2,1H3;/q-1;;;;. The van der Waals surface area contributed by atoms with Gasteiger partial charge in [-0.1, -0.05) is 0 Å². The van der Waals surface area contributed by atoms with Gasteiger partial charge in [-0.3, -0.25) is 0 Å². The van der Waals surface area contributed by atoms with Gasteiger partial charge in [-0.05, 0) is 34.4 Å². The second-order valence-electron chi connectivity index (χ2n) is 1.91. The van der Waals surface area contributed by atoms with Crippen molar-refractivity contribution in [3.8, 4) is 0 Å². The molecular formula is C10H28NO3Ti-. The van der Waals surface area contributed by atoms with Crippen molar-refractivity contribution >= 4 is 0 Å². The molecule has 0 bridgehead atoms. The van der Waals surface area contributed by atoms with Crippen LogP contribution < -0.4 is 5.32 Å². The Morgan fingerprint density at radius 2 is 1.13 bits per heavy atom. The molecule has 0 atom stereocenters. The minimum absolute atomic E-state index is 0. The van der Waals surface area contributed by atoms with Crippen molar-refractivity contribution in [1.82, 2.24) is 5.32 Å². The van der Waals surface area contributed by atoms with Gasteiger partial charge in [-0.15, -0.1) is 0 Å². The molecule has 96 valence electrons. The van der Waals surface area contributed by atoms with Gasteiger partial charge in [-0.2, -0.15) is 6.42 Å². The van der Waals surface area contributed by atoms with Gasteiger partial charge < -0.3 is 27.6 Å². The molecule has 0 rings (SSSR count). The van der Waals surface area contributed by atoms with Crippen LogP contribution >= 0.6 is 0 Å². The first-order chi connectivity index (χ1) is 6.66. The summed E-state index contributed by atoms with van der Waals surface area (Å²) in [5, 5.41) is 25.7. The Morgan fingerprint density at radius 3 is 1.13 bits per heavy atom. The van der Waals surface area contributed by atoms with Crippen LogP contribution in [0.15, 0.2) is 0 Å². The number of hydrogen-bond donors (Lipinski definition) is 4. The molecule has 0 aromatic carbocycles. The second kappa shape index (κ2) is 62.2. The van der Waals surface area contributed by atoms with Gasteiger partial charge in [0.1, 0.15) is 0 Å². The monoisotopic (exact) mass is 258 g/mol. The quantitative estimate of drug-likeness (QED) is 0.428.